The summed E-state index contributed by atoms with van der Waals surface area (Å²) in [6, 6.07) is 8.15. The van der Waals surface area contributed by atoms with Crippen LogP contribution < -0.4 is 0 Å². The topological polar surface area (TPSA) is 61.2 Å². The Morgan fingerprint density at radius 1 is 1.14 bits per heavy atom. The van der Waals surface area contributed by atoms with E-state index in [1.54, 1.807) is 19.1 Å². The molecule has 1 aromatic carbocycles. The van der Waals surface area contributed by atoms with E-state index in [1.807, 2.05) is 19.9 Å². The summed E-state index contributed by atoms with van der Waals surface area (Å²) < 4.78 is 20.8. The van der Waals surface area contributed by atoms with E-state index < -0.39 is 5.97 Å². The number of carbonyl (C=O) groups excluding carboxylic acids is 2. The monoisotopic (exact) mass is 380 g/mol. The molecule has 1 aliphatic carbocycles. The van der Waals surface area contributed by atoms with Gasteiger partial charge in [0.2, 0.25) is 5.78 Å². The van der Waals surface area contributed by atoms with Crippen LogP contribution in [0, 0.1) is 26.6 Å². The van der Waals surface area contributed by atoms with E-state index in [4.69, 9.17) is 4.74 Å². The average Bonchev–Trinajstić information content (AvgIpc) is 3.43. The van der Waals surface area contributed by atoms with Gasteiger partial charge < -0.3 is 9.30 Å². The molecule has 2 heterocycles. The van der Waals surface area contributed by atoms with Crippen molar-refractivity contribution in [1.29, 1.82) is 0 Å². The van der Waals surface area contributed by atoms with Crippen molar-refractivity contribution in [2.75, 3.05) is 6.61 Å². The Morgan fingerprint density at radius 2 is 1.89 bits per heavy atom. The summed E-state index contributed by atoms with van der Waals surface area (Å²) in [5.41, 5.74) is 3.75. The van der Waals surface area contributed by atoms with Crippen molar-refractivity contribution in [2.45, 2.75) is 39.7 Å². The number of ketones is 1. The number of carbonyl (C=O) groups is 2. The Labute approximate surface area is 162 Å². The normalized spacial score (nSPS) is 13.7. The lowest BCUT2D eigenvalue weighted by Crippen LogP contribution is -2.16. The van der Waals surface area contributed by atoms with E-state index >= 15 is 0 Å². The first-order valence-electron chi connectivity index (χ1n) is 9.31. The third kappa shape index (κ3) is 3.30. The van der Waals surface area contributed by atoms with E-state index in [9.17, 15) is 14.0 Å². The minimum absolute atomic E-state index is 0.221. The molecule has 144 valence electrons. The lowest BCUT2D eigenvalue weighted by atomic mass is 10.1. The van der Waals surface area contributed by atoms with Gasteiger partial charge in [-0.05, 0) is 57.9 Å². The third-order valence-corrected chi connectivity index (χ3v) is 5.22. The molecule has 1 saturated carbocycles. The fourth-order valence-electron chi connectivity index (χ4n) is 3.68. The molecule has 0 unspecified atom stereocenters. The fraction of sp³-hybridized carbons (Fsp3) is 0.318. The number of nitrogens with zero attached hydrogens (tertiary/aromatic N) is 2. The second-order valence-electron chi connectivity index (χ2n) is 7.34. The molecule has 2 aromatic heterocycles. The van der Waals surface area contributed by atoms with Crippen LogP contribution in [0.5, 0.6) is 0 Å². The molecule has 0 N–H and O–H groups in total. The van der Waals surface area contributed by atoms with E-state index in [-0.39, 0.29) is 23.8 Å². The number of halogens is 1. The minimum Gasteiger partial charge on any atom is -0.454 e. The number of fused-ring (bicyclic) bond motifs is 1. The van der Waals surface area contributed by atoms with Gasteiger partial charge in [0.05, 0.1) is 16.8 Å². The van der Waals surface area contributed by atoms with Crippen LogP contribution in [0.1, 0.15) is 56.7 Å². The summed E-state index contributed by atoms with van der Waals surface area (Å²) in [7, 11) is 0. The van der Waals surface area contributed by atoms with Crippen molar-refractivity contribution in [3.05, 3.63) is 64.4 Å². The van der Waals surface area contributed by atoms with Gasteiger partial charge in [-0.2, -0.15) is 0 Å². The van der Waals surface area contributed by atoms with Crippen LogP contribution in [0.25, 0.3) is 10.9 Å². The highest BCUT2D eigenvalue weighted by molar-refractivity contribution is 6.01. The number of pyridine rings is 1. The number of rotatable bonds is 5. The van der Waals surface area contributed by atoms with Crippen molar-refractivity contribution in [3.8, 4) is 0 Å². The summed E-state index contributed by atoms with van der Waals surface area (Å²) in [5, 5.41) is 0.637. The van der Waals surface area contributed by atoms with Gasteiger partial charge in [-0.3, -0.25) is 9.78 Å². The molecule has 0 radical (unpaired) electrons. The molecule has 0 atom stereocenters. The molecule has 0 amide bonds. The van der Waals surface area contributed by atoms with Gasteiger partial charge in [0.15, 0.2) is 6.61 Å². The fourth-order valence-corrected chi connectivity index (χ4v) is 3.68. The Bertz CT molecular complexity index is 1110. The molecule has 1 aliphatic rings. The highest BCUT2D eigenvalue weighted by atomic mass is 19.1. The maximum Gasteiger partial charge on any atom is 0.340 e. The standard InChI is InChI=1S/C22H21FN2O3/c1-12-8-19(14(3)25(12)17-6-7-17)21(26)11-28-22(27)18-9-15-4-5-16(23)10-20(15)24-13(18)2/h4-5,8-10,17H,6-7,11H2,1-3H3. The number of benzene rings is 1. The first kappa shape index (κ1) is 18.3. The lowest BCUT2D eigenvalue weighted by molar-refractivity contribution is 0.0473. The number of esters is 1. The molecule has 5 nitrogen and oxygen atoms in total. The zero-order valence-electron chi connectivity index (χ0n) is 16.1. The quantitative estimate of drug-likeness (QED) is 0.484. The van der Waals surface area contributed by atoms with Gasteiger partial charge in [-0.1, -0.05) is 0 Å². The van der Waals surface area contributed by atoms with Gasteiger partial charge in [0.1, 0.15) is 5.82 Å². The molecule has 3 aromatic rings. The van der Waals surface area contributed by atoms with Crippen LogP contribution >= 0.6 is 0 Å². The lowest BCUT2D eigenvalue weighted by Gasteiger charge is -2.09. The van der Waals surface area contributed by atoms with Crippen LogP contribution in [0.2, 0.25) is 0 Å². The number of aryl methyl sites for hydroxylation is 2. The Morgan fingerprint density at radius 3 is 2.61 bits per heavy atom. The van der Waals surface area contributed by atoms with Crippen molar-refractivity contribution >= 4 is 22.7 Å². The van der Waals surface area contributed by atoms with Gasteiger partial charge in [0.25, 0.3) is 0 Å². The smallest absolute Gasteiger partial charge is 0.340 e. The largest absolute Gasteiger partial charge is 0.454 e. The molecule has 28 heavy (non-hydrogen) atoms. The number of hydrogen-bond donors (Lipinski definition) is 0. The molecule has 6 heteroatoms. The van der Waals surface area contributed by atoms with Crippen molar-refractivity contribution in [1.82, 2.24) is 9.55 Å². The van der Waals surface area contributed by atoms with Crippen molar-refractivity contribution in [2.24, 2.45) is 0 Å². The van der Waals surface area contributed by atoms with E-state index in [2.05, 4.69) is 9.55 Å². The van der Waals surface area contributed by atoms with Crippen LogP contribution in [-0.4, -0.2) is 27.9 Å². The van der Waals surface area contributed by atoms with Crippen LogP contribution in [0.4, 0.5) is 4.39 Å². The SMILES string of the molecule is Cc1nc2cc(F)ccc2cc1C(=O)OCC(=O)c1cc(C)n(C2CC2)c1C. The molecular weight excluding hydrogens is 359 g/mol. The van der Waals surface area contributed by atoms with Gasteiger partial charge in [-0.25, -0.2) is 9.18 Å². The van der Waals surface area contributed by atoms with E-state index in [0.717, 1.165) is 24.2 Å². The number of hydrogen-bond acceptors (Lipinski definition) is 4. The zero-order valence-corrected chi connectivity index (χ0v) is 16.1. The highest BCUT2D eigenvalue weighted by Crippen LogP contribution is 2.38. The second-order valence-corrected chi connectivity index (χ2v) is 7.34. The first-order chi connectivity index (χ1) is 13.3. The summed E-state index contributed by atoms with van der Waals surface area (Å²) in [5.74, 6) is -1.22. The zero-order chi connectivity index (χ0) is 20.0. The van der Waals surface area contributed by atoms with Crippen molar-refractivity contribution < 1.29 is 18.7 Å². The van der Waals surface area contributed by atoms with Crippen LogP contribution in [-0.2, 0) is 4.74 Å². The number of aromatic nitrogens is 2. The first-order valence-corrected chi connectivity index (χ1v) is 9.31. The Kier molecular flexibility index (Phi) is 4.49. The maximum atomic E-state index is 13.3. The molecule has 0 spiro atoms. The average molecular weight is 380 g/mol. The van der Waals surface area contributed by atoms with Gasteiger partial charge in [-0.15, -0.1) is 0 Å². The minimum atomic E-state index is -0.611. The second kappa shape index (κ2) is 6.86. The van der Waals surface area contributed by atoms with Gasteiger partial charge >= 0.3 is 5.97 Å². The Balaban J connectivity index is 1.51. The predicted octanol–water partition coefficient (Wildman–Crippen LogP) is 4.48. The summed E-state index contributed by atoms with van der Waals surface area (Å²) in [6.07, 6.45) is 2.27. The third-order valence-electron chi connectivity index (χ3n) is 5.22. The van der Waals surface area contributed by atoms with E-state index in [1.165, 1.54) is 12.1 Å². The summed E-state index contributed by atoms with van der Waals surface area (Å²) >= 11 is 0. The molecule has 4 rings (SSSR count). The summed E-state index contributed by atoms with van der Waals surface area (Å²) in [6.45, 7) is 5.25. The molecule has 0 saturated heterocycles. The molecular formula is C22H21FN2O3. The predicted molar refractivity (Wildman–Crippen MR) is 103 cm³/mol. The maximum absolute atomic E-state index is 13.3. The Hall–Kier alpha value is -3.02. The molecule has 0 aliphatic heterocycles. The van der Waals surface area contributed by atoms with Crippen LogP contribution in [0.3, 0.4) is 0 Å². The number of Topliss-reactive ketones (excluding diaryl/α,β-unsaturated/α-hetero) is 1. The van der Waals surface area contributed by atoms with Crippen LogP contribution in [0.15, 0.2) is 30.3 Å². The van der Waals surface area contributed by atoms with E-state index in [0.29, 0.717) is 28.2 Å². The molecule has 1 fully saturated rings. The van der Waals surface area contributed by atoms with Crippen molar-refractivity contribution in [3.63, 3.8) is 0 Å². The number of ether oxygens (including phenoxy) is 1. The van der Waals surface area contributed by atoms with Gasteiger partial charge in [0, 0.05) is 34.4 Å². The summed E-state index contributed by atoms with van der Waals surface area (Å²) in [4.78, 5) is 29.4. The molecule has 0 bridgehead atoms. The highest BCUT2D eigenvalue weighted by Gasteiger charge is 2.28.